The van der Waals surface area contributed by atoms with Crippen molar-refractivity contribution in [3.05, 3.63) is 48.5 Å². The molecule has 1 N–H and O–H groups in total. The van der Waals surface area contributed by atoms with Gasteiger partial charge >= 0.3 is 6.03 Å². The van der Waals surface area contributed by atoms with Crippen LogP contribution in [0.5, 0.6) is 0 Å². The molecule has 1 aromatic carbocycles. The second kappa shape index (κ2) is 7.70. The number of hydrogen-bond acceptors (Lipinski definition) is 2. The number of likely N-dealkylation sites (tertiary alicyclic amines) is 1. The van der Waals surface area contributed by atoms with E-state index in [4.69, 9.17) is 0 Å². The van der Waals surface area contributed by atoms with E-state index in [1.807, 2.05) is 17.0 Å². The molecular formula is C19H25FN4O. The maximum Gasteiger partial charge on any atom is 0.321 e. The van der Waals surface area contributed by atoms with Gasteiger partial charge in [0.25, 0.3) is 0 Å². The minimum atomic E-state index is -0.321. The van der Waals surface area contributed by atoms with Gasteiger partial charge in [-0.1, -0.05) is 6.92 Å². The number of carbonyl (C=O) groups excluding carboxylic acids is 1. The number of halogens is 1. The predicted octanol–water partition coefficient (Wildman–Crippen LogP) is 3.42. The second-order valence-corrected chi connectivity index (χ2v) is 6.64. The molecule has 5 nitrogen and oxygen atoms in total. The molecular weight excluding hydrogens is 319 g/mol. The molecule has 0 saturated carbocycles. The molecule has 1 fully saturated rings. The Morgan fingerprint density at radius 2 is 2.12 bits per heavy atom. The van der Waals surface area contributed by atoms with Gasteiger partial charge in [0, 0.05) is 37.7 Å². The number of benzene rings is 1. The summed E-state index contributed by atoms with van der Waals surface area (Å²) < 4.78 is 15.7. The molecule has 0 bridgehead atoms. The zero-order chi connectivity index (χ0) is 17.8. The number of amides is 2. The molecule has 2 amide bonds. The van der Waals surface area contributed by atoms with Gasteiger partial charge in [0.15, 0.2) is 0 Å². The Labute approximate surface area is 148 Å². The topological polar surface area (TPSA) is 40.5 Å². The van der Waals surface area contributed by atoms with Crippen LogP contribution in [0.3, 0.4) is 0 Å². The third kappa shape index (κ3) is 4.20. The fourth-order valence-electron chi connectivity index (χ4n) is 3.22. The van der Waals surface area contributed by atoms with Crippen LogP contribution >= 0.6 is 0 Å². The monoisotopic (exact) mass is 344 g/mol. The van der Waals surface area contributed by atoms with Crippen LogP contribution in [-0.2, 0) is 0 Å². The SMILES string of the molecule is CCN(C)CC1CCN(C(=O)Nc2ccc(F)c(-n3cccc3)c2)C1. The summed E-state index contributed by atoms with van der Waals surface area (Å²) in [5.74, 6) is 0.192. The number of rotatable bonds is 5. The maximum absolute atomic E-state index is 14.0. The molecule has 25 heavy (non-hydrogen) atoms. The number of nitrogens with one attached hydrogen (secondary N) is 1. The van der Waals surface area contributed by atoms with Crippen molar-refractivity contribution in [2.75, 3.05) is 38.5 Å². The minimum Gasteiger partial charge on any atom is -0.324 e. The highest BCUT2D eigenvalue weighted by Crippen LogP contribution is 2.21. The molecule has 2 aromatic rings. The first-order valence-corrected chi connectivity index (χ1v) is 8.74. The Morgan fingerprint density at radius 1 is 1.36 bits per heavy atom. The van der Waals surface area contributed by atoms with Crippen molar-refractivity contribution in [2.45, 2.75) is 13.3 Å². The van der Waals surface area contributed by atoms with E-state index in [0.717, 1.165) is 32.6 Å². The van der Waals surface area contributed by atoms with Crippen molar-refractivity contribution in [1.29, 1.82) is 0 Å². The lowest BCUT2D eigenvalue weighted by molar-refractivity contribution is 0.218. The normalized spacial score (nSPS) is 17.3. The standard InChI is InChI=1S/C19H25FN4O/c1-3-22(2)13-15-8-11-24(14-15)19(25)21-16-6-7-17(20)18(12-16)23-9-4-5-10-23/h4-7,9-10,12,15H,3,8,11,13-14H2,1-2H3,(H,21,25). The van der Waals surface area contributed by atoms with Crippen molar-refractivity contribution >= 4 is 11.7 Å². The fraction of sp³-hybridized carbons (Fsp3) is 0.421. The summed E-state index contributed by atoms with van der Waals surface area (Å²) in [5.41, 5.74) is 1.02. The third-order valence-electron chi connectivity index (χ3n) is 4.76. The van der Waals surface area contributed by atoms with Gasteiger partial charge in [0.2, 0.25) is 0 Å². The smallest absolute Gasteiger partial charge is 0.321 e. The summed E-state index contributed by atoms with van der Waals surface area (Å²) in [6, 6.07) is 8.19. The highest BCUT2D eigenvalue weighted by atomic mass is 19.1. The zero-order valence-electron chi connectivity index (χ0n) is 14.8. The summed E-state index contributed by atoms with van der Waals surface area (Å²) in [4.78, 5) is 16.6. The Morgan fingerprint density at radius 3 is 2.84 bits per heavy atom. The lowest BCUT2D eigenvalue weighted by atomic mass is 10.1. The number of carbonyl (C=O) groups is 1. The van der Waals surface area contributed by atoms with Crippen molar-refractivity contribution in [3.8, 4) is 5.69 Å². The predicted molar refractivity (Wildman–Crippen MR) is 97.6 cm³/mol. The largest absolute Gasteiger partial charge is 0.324 e. The van der Waals surface area contributed by atoms with Gasteiger partial charge in [-0.05, 0) is 56.3 Å². The van der Waals surface area contributed by atoms with Crippen LogP contribution in [0.1, 0.15) is 13.3 Å². The zero-order valence-corrected chi connectivity index (χ0v) is 14.8. The summed E-state index contributed by atoms with van der Waals surface area (Å²) in [5, 5.41) is 2.89. The molecule has 1 aromatic heterocycles. The number of aromatic nitrogens is 1. The third-order valence-corrected chi connectivity index (χ3v) is 4.76. The average Bonchev–Trinajstić information content (AvgIpc) is 3.28. The summed E-state index contributed by atoms with van der Waals surface area (Å²) >= 11 is 0. The first kappa shape index (κ1) is 17.5. The van der Waals surface area contributed by atoms with E-state index in [1.54, 1.807) is 29.1 Å². The Balaban J connectivity index is 1.63. The molecule has 1 aliphatic rings. The molecule has 1 aliphatic heterocycles. The van der Waals surface area contributed by atoms with E-state index in [-0.39, 0.29) is 11.8 Å². The summed E-state index contributed by atoms with van der Waals surface area (Å²) in [6.45, 7) is 5.69. The minimum absolute atomic E-state index is 0.119. The van der Waals surface area contributed by atoms with Gasteiger partial charge in [-0.25, -0.2) is 9.18 Å². The van der Waals surface area contributed by atoms with E-state index in [2.05, 4.69) is 24.2 Å². The summed E-state index contributed by atoms with van der Waals surface area (Å²) in [7, 11) is 2.10. The molecule has 6 heteroatoms. The van der Waals surface area contributed by atoms with Crippen molar-refractivity contribution < 1.29 is 9.18 Å². The van der Waals surface area contributed by atoms with E-state index in [1.165, 1.54) is 6.07 Å². The second-order valence-electron chi connectivity index (χ2n) is 6.64. The van der Waals surface area contributed by atoms with Crippen LogP contribution in [-0.4, -0.2) is 53.6 Å². The number of anilines is 1. The van der Waals surface area contributed by atoms with E-state index >= 15 is 0 Å². The maximum atomic E-state index is 14.0. The highest BCUT2D eigenvalue weighted by Gasteiger charge is 2.26. The van der Waals surface area contributed by atoms with Crippen LogP contribution < -0.4 is 5.32 Å². The number of nitrogens with zero attached hydrogens (tertiary/aromatic N) is 3. The van der Waals surface area contributed by atoms with Crippen LogP contribution in [0.4, 0.5) is 14.9 Å². The molecule has 0 aliphatic carbocycles. The van der Waals surface area contributed by atoms with Crippen LogP contribution in [0, 0.1) is 11.7 Å². The molecule has 1 atom stereocenters. The van der Waals surface area contributed by atoms with Crippen LogP contribution in [0.15, 0.2) is 42.7 Å². The van der Waals surface area contributed by atoms with Gasteiger partial charge in [0.1, 0.15) is 5.82 Å². The first-order chi connectivity index (χ1) is 12.1. The Hall–Kier alpha value is -2.34. The van der Waals surface area contributed by atoms with E-state index in [9.17, 15) is 9.18 Å². The highest BCUT2D eigenvalue weighted by molar-refractivity contribution is 5.89. The Kier molecular flexibility index (Phi) is 5.38. The van der Waals surface area contributed by atoms with Gasteiger partial charge < -0.3 is 19.7 Å². The first-order valence-electron chi connectivity index (χ1n) is 8.74. The molecule has 134 valence electrons. The van der Waals surface area contributed by atoms with Crippen molar-refractivity contribution in [1.82, 2.24) is 14.4 Å². The number of urea groups is 1. The van der Waals surface area contributed by atoms with Gasteiger partial charge in [-0.2, -0.15) is 0 Å². The van der Waals surface area contributed by atoms with Gasteiger partial charge in [0.05, 0.1) is 5.69 Å². The fourth-order valence-corrected chi connectivity index (χ4v) is 3.22. The molecule has 0 radical (unpaired) electrons. The quantitative estimate of drug-likeness (QED) is 0.903. The molecule has 1 saturated heterocycles. The average molecular weight is 344 g/mol. The molecule has 0 spiro atoms. The van der Waals surface area contributed by atoms with Crippen molar-refractivity contribution in [3.63, 3.8) is 0 Å². The van der Waals surface area contributed by atoms with Crippen LogP contribution in [0.25, 0.3) is 5.69 Å². The van der Waals surface area contributed by atoms with E-state index < -0.39 is 0 Å². The molecule has 1 unspecified atom stereocenters. The molecule has 2 heterocycles. The number of hydrogen-bond donors (Lipinski definition) is 1. The van der Waals surface area contributed by atoms with Gasteiger partial charge in [-0.3, -0.25) is 0 Å². The Bertz CT molecular complexity index is 716. The lowest BCUT2D eigenvalue weighted by Gasteiger charge is -2.20. The van der Waals surface area contributed by atoms with Gasteiger partial charge in [-0.15, -0.1) is 0 Å². The van der Waals surface area contributed by atoms with Crippen LogP contribution in [0.2, 0.25) is 0 Å². The summed E-state index contributed by atoms with van der Waals surface area (Å²) in [6.07, 6.45) is 4.58. The van der Waals surface area contributed by atoms with Crippen molar-refractivity contribution in [2.24, 2.45) is 5.92 Å². The lowest BCUT2D eigenvalue weighted by Crippen LogP contribution is -2.34. The van der Waals surface area contributed by atoms with E-state index in [0.29, 0.717) is 17.3 Å². The molecule has 3 rings (SSSR count).